The Morgan fingerprint density at radius 2 is 2.00 bits per heavy atom. The molecule has 0 spiro atoms. The number of halogens is 2. The van der Waals surface area contributed by atoms with Gasteiger partial charge < -0.3 is 0 Å². The maximum absolute atomic E-state index is 6.51. The van der Waals surface area contributed by atoms with Crippen molar-refractivity contribution in [3.05, 3.63) is 55.7 Å². The Labute approximate surface area is 113 Å². The SMILES string of the molecule is Cc1cc(C(Cl)c2cccc(Br)c2)c(C)s1. The van der Waals surface area contributed by atoms with Crippen LogP contribution in [-0.4, -0.2) is 0 Å². The minimum atomic E-state index is -0.0533. The molecule has 0 aliphatic heterocycles. The molecule has 0 aliphatic rings. The van der Waals surface area contributed by atoms with Gasteiger partial charge in [-0.05, 0) is 43.2 Å². The summed E-state index contributed by atoms with van der Waals surface area (Å²) in [5.74, 6) is 0. The van der Waals surface area contributed by atoms with Crippen molar-refractivity contribution in [2.45, 2.75) is 19.2 Å². The number of hydrogen-bond acceptors (Lipinski definition) is 1. The Morgan fingerprint density at radius 1 is 1.25 bits per heavy atom. The van der Waals surface area contributed by atoms with E-state index in [1.807, 2.05) is 12.1 Å². The van der Waals surface area contributed by atoms with Crippen LogP contribution in [0.2, 0.25) is 0 Å². The second-order valence-corrected chi connectivity index (χ2v) is 6.60. The largest absolute Gasteiger partial charge is 0.146 e. The second-order valence-electron chi connectivity index (χ2n) is 3.79. The molecule has 1 atom stereocenters. The van der Waals surface area contributed by atoms with Gasteiger partial charge in [-0.2, -0.15) is 0 Å². The van der Waals surface area contributed by atoms with E-state index in [-0.39, 0.29) is 5.38 Å². The van der Waals surface area contributed by atoms with Crippen LogP contribution >= 0.6 is 38.9 Å². The topological polar surface area (TPSA) is 0 Å². The molecule has 0 radical (unpaired) electrons. The first-order valence-corrected chi connectivity index (χ1v) is 7.09. The fraction of sp³-hybridized carbons (Fsp3) is 0.231. The average molecular weight is 316 g/mol. The molecule has 84 valence electrons. The lowest BCUT2D eigenvalue weighted by Gasteiger charge is -2.09. The molecule has 0 N–H and O–H groups in total. The van der Waals surface area contributed by atoms with Crippen molar-refractivity contribution in [3.63, 3.8) is 0 Å². The molecule has 3 heteroatoms. The fourth-order valence-electron chi connectivity index (χ4n) is 1.75. The van der Waals surface area contributed by atoms with Crippen LogP contribution in [0.25, 0.3) is 0 Å². The van der Waals surface area contributed by atoms with Crippen molar-refractivity contribution in [3.8, 4) is 0 Å². The Hall–Kier alpha value is -0.310. The predicted octanol–water partition coefficient (Wildman–Crippen LogP) is 5.46. The Kier molecular flexibility index (Phi) is 3.73. The maximum Gasteiger partial charge on any atom is 0.0846 e. The predicted molar refractivity (Wildman–Crippen MR) is 75.6 cm³/mol. The molecular formula is C13H12BrClS. The quantitative estimate of drug-likeness (QED) is 0.646. The van der Waals surface area contributed by atoms with E-state index < -0.39 is 0 Å². The normalized spacial score (nSPS) is 12.8. The van der Waals surface area contributed by atoms with E-state index in [4.69, 9.17) is 11.6 Å². The van der Waals surface area contributed by atoms with Crippen LogP contribution in [0, 0.1) is 13.8 Å². The van der Waals surface area contributed by atoms with Gasteiger partial charge in [0.2, 0.25) is 0 Å². The second kappa shape index (κ2) is 4.91. The summed E-state index contributed by atoms with van der Waals surface area (Å²) < 4.78 is 1.07. The van der Waals surface area contributed by atoms with E-state index in [0.717, 1.165) is 10.0 Å². The molecule has 0 amide bonds. The van der Waals surface area contributed by atoms with Crippen LogP contribution in [0.4, 0.5) is 0 Å². The molecule has 0 saturated heterocycles. The zero-order valence-corrected chi connectivity index (χ0v) is 12.3. The summed E-state index contributed by atoms with van der Waals surface area (Å²) in [6, 6.07) is 10.3. The zero-order valence-electron chi connectivity index (χ0n) is 9.13. The molecule has 1 heterocycles. The van der Waals surface area contributed by atoms with Crippen LogP contribution in [-0.2, 0) is 0 Å². The van der Waals surface area contributed by atoms with Gasteiger partial charge in [-0.3, -0.25) is 0 Å². The first kappa shape index (κ1) is 12.2. The molecule has 2 aromatic rings. The third-order valence-electron chi connectivity index (χ3n) is 2.49. The van der Waals surface area contributed by atoms with Crippen LogP contribution in [0.15, 0.2) is 34.8 Å². The van der Waals surface area contributed by atoms with Gasteiger partial charge in [0.15, 0.2) is 0 Å². The van der Waals surface area contributed by atoms with Gasteiger partial charge in [-0.1, -0.05) is 28.1 Å². The van der Waals surface area contributed by atoms with Gasteiger partial charge in [0, 0.05) is 14.2 Å². The summed E-state index contributed by atoms with van der Waals surface area (Å²) in [6.07, 6.45) is 0. The van der Waals surface area contributed by atoms with Crippen molar-refractivity contribution in [2.24, 2.45) is 0 Å². The number of benzene rings is 1. The van der Waals surface area contributed by atoms with Gasteiger partial charge in [-0.25, -0.2) is 0 Å². The standard InChI is InChI=1S/C13H12BrClS/c1-8-6-12(9(2)16-8)13(15)10-4-3-5-11(14)7-10/h3-7,13H,1-2H3. The molecule has 1 unspecified atom stereocenters. The first-order chi connectivity index (χ1) is 7.58. The highest BCUT2D eigenvalue weighted by molar-refractivity contribution is 9.10. The van der Waals surface area contributed by atoms with Crippen LogP contribution in [0.3, 0.4) is 0 Å². The van der Waals surface area contributed by atoms with Gasteiger partial charge in [0.1, 0.15) is 0 Å². The fourth-order valence-corrected chi connectivity index (χ4v) is 3.55. The van der Waals surface area contributed by atoms with E-state index in [1.54, 1.807) is 11.3 Å². The van der Waals surface area contributed by atoms with E-state index in [2.05, 4.69) is 48.0 Å². The van der Waals surface area contributed by atoms with Gasteiger partial charge in [0.25, 0.3) is 0 Å². The van der Waals surface area contributed by atoms with Crippen LogP contribution < -0.4 is 0 Å². The minimum Gasteiger partial charge on any atom is -0.146 e. The molecule has 1 aromatic carbocycles. The summed E-state index contributed by atoms with van der Waals surface area (Å²) in [7, 11) is 0. The molecule has 0 saturated carbocycles. The van der Waals surface area contributed by atoms with Crippen molar-refractivity contribution < 1.29 is 0 Å². The lowest BCUT2D eigenvalue weighted by molar-refractivity contribution is 1.13. The Bertz CT molecular complexity index is 504. The minimum absolute atomic E-state index is 0.0533. The van der Waals surface area contributed by atoms with Crippen molar-refractivity contribution in [1.29, 1.82) is 0 Å². The first-order valence-electron chi connectivity index (χ1n) is 5.04. The number of rotatable bonds is 2. The molecule has 0 nitrogen and oxygen atoms in total. The third kappa shape index (κ3) is 2.50. The number of hydrogen-bond donors (Lipinski definition) is 0. The van der Waals surface area contributed by atoms with E-state index in [0.29, 0.717) is 0 Å². The van der Waals surface area contributed by atoms with Crippen molar-refractivity contribution in [2.75, 3.05) is 0 Å². The van der Waals surface area contributed by atoms with E-state index >= 15 is 0 Å². The lowest BCUT2D eigenvalue weighted by atomic mass is 10.1. The van der Waals surface area contributed by atoms with E-state index in [1.165, 1.54) is 15.3 Å². The molecular weight excluding hydrogens is 304 g/mol. The monoisotopic (exact) mass is 314 g/mol. The summed E-state index contributed by atoms with van der Waals surface area (Å²) >= 11 is 11.8. The van der Waals surface area contributed by atoms with Gasteiger partial charge >= 0.3 is 0 Å². The maximum atomic E-state index is 6.51. The lowest BCUT2D eigenvalue weighted by Crippen LogP contribution is -1.92. The molecule has 0 fully saturated rings. The number of aryl methyl sites for hydroxylation is 2. The van der Waals surface area contributed by atoms with Gasteiger partial charge in [-0.15, -0.1) is 22.9 Å². The van der Waals surface area contributed by atoms with Crippen LogP contribution in [0.1, 0.15) is 26.3 Å². The molecule has 0 aliphatic carbocycles. The summed E-state index contributed by atoms with van der Waals surface area (Å²) in [5, 5.41) is -0.0533. The summed E-state index contributed by atoms with van der Waals surface area (Å²) in [5.41, 5.74) is 2.36. The average Bonchev–Trinajstić information content (AvgIpc) is 2.57. The molecule has 2 rings (SSSR count). The van der Waals surface area contributed by atoms with Crippen molar-refractivity contribution in [1.82, 2.24) is 0 Å². The Morgan fingerprint density at radius 3 is 2.56 bits per heavy atom. The third-order valence-corrected chi connectivity index (χ3v) is 4.46. The molecule has 1 aromatic heterocycles. The van der Waals surface area contributed by atoms with Gasteiger partial charge in [0.05, 0.1) is 5.38 Å². The highest BCUT2D eigenvalue weighted by atomic mass is 79.9. The number of alkyl halides is 1. The zero-order chi connectivity index (χ0) is 11.7. The Balaban J connectivity index is 2.38. The highest BCUT2D eigenvalue weighted by Gasteiger charge is 2.15. The summed E-state index contributed by atoms with van der Waals surface area (Å²) in [4.78, 5) is 2.62. The van der Waals surface area contributed by atoms with Crippen LogP contribution in [0.5, 0.6) is 0 Å². The smallest absolute Gasteiger partial charge is 0.0846 e. The summed E-state index contributed by atoms with van der Waals surface area (Å²) in [6.45, 7) is 4.24. The molecule has 16 heavy (non-hydrogen) atoms. The van der Waals surface area contributed by atoms with Crippen molar-refractivity contribution >= 4 is 38.9 Å². The van der Waals surface area contributed by atoms with E-state index in [9.17, 15) is 0 Å². The molecule has 0 bridgehead atoms. The highest BCUT2D eigenvalue weighted by Crippen LogP contribution is 2.35. The number of thiophene rings is 1.